The monoisotopic (exact) mass is 556 g/mol. The first-order valence-electron chi connectivity index (χ1n) is 12.9. The second kappa shape index (κ2) is 25.8. The summed E-state index contributed by atoms with van der Waals surface area (Å²) in [5.74, 6) is -0.447. The molecule has 0 aromatic carbocycles. The summed E-state index contributed by atoms with van der Waals surface area (Å²) < 4.78 is 0. The quantitative estimate of drug-likeness (QED) is 0.0811. The van der Waals surface area contributed by atoms with E-state index in [1.54, 1.807) is 51.1 Å². The molecule has 0 bridgehead atoms. The van der Waals surface area contributed by atoms with Crippen LogP contribution >= 0.6 is 51.1 Å². The maximum absolute atomic E-state index is 11.7. The summed E-state index contributed by atoms with van der Waals surface area (Å²) in [7, 11) is 7.87. The molecule has 0 saturated heterocycles. The highest BCUT2D eigenvalue weighted by Gasteiger charge is 2.18. The summed E-state index contributed by atoms with van der Waals surface area (Å²) in [4.78, 5) is 23.5. The van der Waals surface area contributed by atoms with E-state index < -0.39 is 0 Å². The first-order valence-corrected chi connectivity index (χ1v) is 19.2. The molecule has 0 aliphatic heterocycles. The third-order valence-corrected chi connectivity index (χ3v) is 14.9. The van der Waals surface area contributed by atoms with Gasteiger partial charge in [-0.1, -0.05) is 138 Å². The molecule has 33 heavy (non-hydrogen) atoms. The van der Waals surface area contributed by atoms with Crippen molar-refractivity contribution in [1.82, 2.24) is 0 Å². The molecule has 2 unspecified atom stereocenters. The minimum atomic E-state index is -0.224. The van der Waals surface area contributed by atoms with E-state index in [2.05, 4.69) is 13.8 Å². The van der Waals surface area contributed by atoms with Crippen molar-refractivity contribution < 1.29 is 9.59 Å². The lowest BCUT2D eigenvalue weighted by atomic mass is 10.1. The molecule has 4 N–H and O–H groups in total. The maximum Gasteiger partial charge on any atom is 0.231 e. The first kappa shape index (κ1) is 33.7. The van der Waals surface area contributed by atoms with Crippen LogP contribution in [-0.4, -0.2) is 22.3 Å². The Morgan fingerprint density at radius 1 is 0.515 bits per heavy atom. The van der Waals surface area contributed by atoms with Crippen LogP contribution in [0.3, 0.4) is 0 Å². The van der Waals surface area contributed by atoms with Crippen LogP contribution in [0.2, 0.25) is 0 Å². The molecule has 0 heterocycles. The van der Waals surface area contributed by atoms with Crippen LogP contribution < -0.4 is 11.5 Å². The van der Waals surface area contributed by atoms with Gasteiger partial charge < -0.3 is 11.5 Å². The molecule has 2 atom stereocenters. The number of nitrogens with two attached hydrogens (primary N) is 2. The third kappa shape index (κ3) is 22.9. The van der Waals surface area contributed by atoms with Gasteiger partial charge in [0.05, 0.1) is 10.5 Å². The maximum atomic E-state index is 11.7. The predicted molar refractivity (Wildman–Crippen MR) is 158 cm³/mol. The molecule has 2 amide bonds. The van der Waals surface area contributed by atoms with Crippen LogP contribution in [0.5, 0.6) is 0 Å². The summed E-state index contributed by atoms with van der Waals surface area (Å²) in [6.45, 7) is 4.48. The van der Waals surface area contributed by atoms with E-state index in [1.165, 1.54) is 89.9 Å². The number of amides is 2. The summed E-state index contributed by atoms with van der Waals surface area (Å²) in [5.41, 5.74) is 11.2. The molecule has 0 rings (SSSR count). The van der Waals surface area contributed by atoms with E-state index in [0.717, 1.165) is 25.7 Å². The molecule has 196 valence electrons. The number of hydrogen-bond acceptors (Lipinski definition) is 7. The zero-order valence-corrected chi connectivity index (χ0v) is 25.0. The summed E-state index contributed by atoms with van der Waals surface area (Å²) >= 11 is 0. The zero-order chi connectivity index (χ0) is 24.6. The van der Waals surface area contributed by atoms with Crippen LogP contribution in [0, 0.1) is 0 Å². The zero-order valence-electron chi connectivity index (χ0n) is 20.9. The van der Waals surface area contributed by atoms with Crippen molar-refractivity contribution in [2.75, 3.05) is 0 Å². The van der Waals surface area contributed by atoms with E-state index in [0.29, 0.717) is 0 Å². The van der Waals surface area contributed by atoms with Gasteiger partial charge in [-0.2, -0.15) is 0 Å². The molecule has 0 aliphatic carbocycles. The van der Waals surface area contributed by atoms with Crippen LogP contribution in [0.4, 0.5) is 0 Å². The standard InChI is InChI=1S/C24H48N2O2S5/c1-3-5-7-9-11-13-15-17-19-21(23(25)27)29-31-33-32-30-22(24(26)28)20-18-16-14-12-10-8-6-4-2/h21-22H,3-20H2,1-2H3,(H2,25,27)(H2,26,28). The van der Waals surface area contributed by atoms with Gasteiger partial charge in [-0.3, -0.25) is 9.59 Å². The topological polar surface area (TPSA) is 86.2 Å². The minimum Gasteiger partial charge on any atom is -0.369 e. The Balaban J connectivity index is 3.82. The highest BCUT2D eigenvalue weighted by Crippen LogP contribution is 2.51. The van der Waals surface area contributed by atoms with E-state index in [1.807, 2.05) is 0 Å². The van der Waals surface area contributed by atoms with Crippen molar-refractivity contribution in [3.05, 3.63) is 0 Å². The normalized spacial score (nSPS) is 13.2. The lowest BCUT2D eigenvalue weighted by Gasteiger charge is -2.13. The van der Waals surface area contributed by atoms with E-state index in [9.17, 15) is 9.59 Å². The SMILES string of the molecule is CCCCCCCCCCC(SSSSSC(CCCCCCCCCC)C(N)=O)C(N)=O. The highest BCUT2D eigenvalue weighted by molar-refractivity contribution is 9.35. The van der Waals surface area contributed by atoms with Crippen LogP contribution in [0.25, 0.3) is 0 Å². The first-order chi connectivity index (χ1) is 16.0. The molecule has 0 spiro atoms. The predicted octanol–water partition coefficient (Wildman–Crippen LogP) is 9.08. The molecular weight excluding hydrogens is 509 g/mol. The lowest BCUT2D eigenvalue weighted by Crippen LogP contribution is -2.25. The van der Waals surface area contributed by atoms with Crippen molar-refractivity contribution in [2.45, 2.75) is 140 Å². The van der Waals surface area contributed by atoms with Crippen LogP contribution in [-0.2, 0) is 9.59 Å². The van der Waals surface area contributed by atoms with E-state index >= 15 is 0 Å². The number of carbonyl (C=O) groups is 2. The Morgan fingerprint density at radius 2 is 0.818 bits per heavy atom. The van der Waals surface area contributed by atoms with Crippen molar-refractivity contribution in [3.63, 3.8) is 0 Å². The van der Waals surface area contributed by atoms with Crippen molar-refractivity contribution in [3.8, 4) is 0 Å². The van der Waals surface area contributed by atoms with Crippen LogP contribution in [0.1, 0.15) is 129 Å². The van der Waals surface area contributed by atoms with Gasteiger partial charge in [-0.15, -0.1) is 0 Å². The Hall–Kier alpha value is 0.690. The summed E-state index contributed by atoms with van der Waals surface area (Å²) in [6.07, 6.45) is 21.9. The number of unbranched alkanes of at least 4 members (excludes halogenated alkanes) is 14. The Labute approximate surface area is 222 Å². The van der Waals surface area contributed by atoms with Gasteiger partial charge in [-0.25, -0.2) is 0 Å². The fourth-order valence-electron chi connectivity index (χ4n) is 3.54. The van der Waals surface area contributed by atoms with Gasteiger partial charge in [0.1, 0.15) is 0 Å². The molecule has 4 nitrogen and oxygen atoms in total. The molecule has 0 aromatic heterocycles. The second-order valence-corrected chi connectivity index (χ2v) is 16.7. The summed E-state index contributed by atoms with van der Waals surface area (Å²) in [6, 6.07) is 0. The van der Waals surface area contributed by atoms with Gasteiger partial charge in [-0.05, 0) is 42.3 Å². The smallest absolute Gasteiger partial charge is 0.231 e. The molecule has 0 fully saturated rings. The fourth-order valence-corrected chi connectivity index (χ4v) is 13.2. The molecule has 0 aliphatic rings. The molecular formula is C24H48N2O2S5. The average molecular weight is 557 g/mol. The molecule has 0 radical (unpaired) electrons. The van der Waals surface area contributed by atoms with Crippen molar-refractivity contribution in [2.24, 2.45) is 11.5 Å². The Kier molecular flexibility index (Phi) is 26.3. The van der Waals surface area contributed by atoms with Gasteiger partial charge >= 0.3 is 0 Å². The number of carbonyl (C=O) groups excluding carboxylic acids is 2. The Bertz CT molecular complexity index is 432. The highest BCUT2D eigenvalue weighted by atomic mass is 33.8. The van der Waals surface area contributed by atoms with Gasteiger partial charge in [0.25, 0.3) is 0 Å². The fraction of sp³-hybridized carbons (Fsp3) is 0.917. The molecule has 0 saturated carbocycles. The minimum absolute atomic E-state index is 0.141. The van der Waals surface area contributed by atoms with E-state index in [4.69, 9.17) is 11.5 Å². The van der Waals surface area contributed by atoms with Crippen LogP contribution in [0.15, 0.2) is 0 Å². The molecule has 9 heteroatoms. The molecule has 0 aromatic rings. The number of rotatable bonds is 26. The number of primary amides is 2. The average Bonchev–Trinajstić information content (AvgIpc) is 2.79. The summed E-state index contributed by atoms with van der Waals surface area (Å²) in [5, 5.41) is -0.282. The van der Waals surface area contributed by atoms with Crippen molar-refractivity contribution >= 4 is 62.9 Å². The van der Waals surface area contributed by atoms with Crippen molar-refractivity contribution in [1.29, 1.82) is 0 Å². The van der Waals surface area contributed by atoms with Gasteiger partial charge in [0.2, 0.25) is 11.8 Å². The van der Waals surface area contributed by atoms with E-state index in [-0.39, 0.29) is 22.3 Å². The Morgan fingerprint density at radius 3 is 1.12 bits per heavy atom. The third-order valence-electron chi connectivity index (χ3n) is 5.64. The van der Waals surface area contributed by atoms with Gasteiger partial charge in [0.15, 0.2) is 0 Å². The largest absolute Gasteiger partial charge is 0.369 e. The number of hydrogen-bond donors (Lipinski definition) is 2. The lowest BCUT2D eigenvalue weighted by molar-refractivity contribution is -0.118. The second-order valence-electron chi connectivity index (χ2n) is 8.71. The van der Waals surface area contributed by atoms with Gasteiger partial charge in [0, 0.05) is 0 Å².